The monoisotopic (exact) mass is 637 g/mol. The quantitative estimate of drug-likeness (QED) is 0.226. The summed E-state index contributed by atoms with van der Waals surface area (Å²) in [5, 5.41) is 14.1. The summed E-state index contributed by atoms with van der Waals surface area (Å²) < 4.78 is 29.8. The van der Waals surface area contributed by atoms with Crippen molar-refractivity contribution < 1.29 is 26.8 Å². The molecule has 0 aliphatic heterocycles. The molecule has 10 heteroatoms. The average Bonchev–Trinajstić information content (AvgIpc) is 2.91. The van der Waals surface area contributed by atoms with Crippen LogP contribution in [0.1, 0.15) is 36.2 Å². The SMILES string of the molecule is CCOc1cc(CN(C)CCC(C)(CNc2cc(C(=O)OI)ccn2)OC)cc(O)c1-c1ccc(F)cc1. The Kier molecular flexibility index (Phi) is 10.7. The molecule has 1 aromatic heterocycles. The van der Waals surface area contributed by atoms with Gasteiger partial charge in [0.05, 0.1) is 23.3 Å². The molecule has 0 radical (unpaired) electrons. The van der Waals surface area contributed by atoms with E-state index in [4.69, 9.17) is 12.5 Å². The smallest absolute Gasteiger partial charge is 0.347 e. The lowest BCUT2D eigenvalue weighted by atomic mass is 10.00. The topological polar surface area (TPSA) is 93.2 Å². The third kappa shape index (κ3) is 8.02. The van der Waals surface area contributed by atoms with Crippen molar-refractivity contribution >= 4 is 34.8 Å². The highest BCUT2D eigenvalue weighted by molar-refractivity contribution is 14.1. The third-order valence-electron chi connectivity index (χ3n) is 6.25. The summed E-state index contributed by atoms with van der Waals surface area (Å²) in [7, 11) is 3.66. The van der Waals surface area contributed by atoms with Gasteiger partial charge < -0.3 is 27.9 Å². The van der Waals surface area contributed by atoms with Crippen molar-refractivity contribution in [2.75, 3.05) is 39.2 Å². The van der Waals surface area contributed by atoms with Crippen LogP contribution < -0.4 is 10.1 Å². The second kappa shape index (κ2) is 13.7. The van der Waals surface area contributed by atoms with Gasteiger partial charge in [0.25, 0.3) is 0 Å². The van der Waals surface area contributed by atoms with Gasteiger partial charge in [-0.05, 0) is 74.8 Å². The first-order valence-electron chi connectivity index (χ1n) is 12.2. The minimum absolute atomic E-state index is 0.0815. The molecule has 1 heterocycles. The fourth-order valence-electron chi connectivity index (χ4n) is 3.98. The van der Waals surface area contributed by atoms with Gasteiger partial charge in [0.2, 0.25) is 0 Å². The van der Waals surface area contributed by atoms with Crippen LogP contribution in [0.3, 0.4) is 0 Å². The number of hydrogen-bond acceptors (Lipinski definition) is 8. The Morgan fingerprint density at radius 1 is 1.21 bits per heavy atom. The number of carbonyl (C=O) groups excluding carboxylic acids is 1. The summed E-state index contributed by atoms with van der Waals surface area (Å²) in [4.78, 5) is 18.2. The molecular weight excluding hydrogens is 604 g/mol. The Morgan fingerprint density at radius 3 is 2.61 bits per heavy atom. The van der Waals surface area contributed by atoms with Crippen molar-refractivity contribution in [3.63, 3.8) is 0 Å². The number of ether oxygens (including phenoxy) is 2. The van der Waals surface area contributed by atoms with Crippen LogP contribution in [0.25, 0.3) is 11.1 Å². The highest BCUT2D eigenvalue weighted by atomic mass is 127. The van der Waals surface area contributed by atoms with Crippen molar-refractivity contribution in [2.45, 2.75) is 32.4 Å². The molecule has 8 nitrogen and oxygen atoms in total. The molecule has 2 N–H and O–H groups in total. The lowest BCUT2D eigenvalue weighted by Crippen LogP contribution is -2.39. The van der Waals surface area contributed by atoms with Gasteiger partial charge >= 0.3 is 5.97 Å². The number of hydrogen-bond donors (Lipinski definition) is 2. The Bertz CT molecular complexity index is 1230. The maximum Gasteiger partial charge on any atom is 0.347 e. The van der Waals surface area contributed by atoms with E-state index in [-0.39, 0.29) is 11.6 Å². The zero-order valence-corrected chi connectivity index (χ0v) is 24.1. The summed E-state index contributed by atoms with van der Waals surface area (Å²) >= 11 is 1.56. The molecule has 1 unspecified atom stereocenters. The van der Waals surface area contributed by atoms with Gasteiger partial charge in [-0.1, -0.05) is 12.1 Å². The number of phenolic OH excluding ortho intramolecular Hbond substituents is 1. The van der Waals surface area contributed by atoms with Crippen LogP contribution in [0, 0.1) is 5.82 Å². The van der Waals surface area contributed by atoms with Gasteiger partial charge in [-0.25, -0.2) is 14.2 Å². The molecule has 0 aliphatic carbocycles. The second-order valence-electron chi connectivity index (χ2n) is 9.22. The normalized spacial score (nSPS) is 12.7. The third-order valence-corrected chi connectivity index (χ3v) is 6.65. The number of benzene rings is 2. The first kappa shape index (κ1) is 29.6. The van der Waals surface area contributed by atoms with Gasteiger partial charge in [0.1, 0.15) is 23.1 Å². The number of methoxy groups -OCH3 is 1. The number of aromatic hydroxyl groups is 1. The Hall–Kier alpha value is -2.96. The molecule has 0 bridgehead atoms. The molecule has 1 atom stereocenters. The Morgan fingerprint density at radius 2 is 1.95 bits per heavy atom. The van der Waals surface area contributed by atoms with Crippen LogP contribution in [-0.4, -0.2) is 60.4 Å². The van der Waals surface area contributed by atoms with E-state index in [9.17, 15) is 14.3 Å². The van der Waals surface area contributed by atoms with Crippen LogP contribution in [0.4, 0.5) is 10.2 Å². The van der Waals surface area contributed by atoms with E-state index >= 15 is 0 Å². The molecule has 0 aliphatic rings. The fraction of sp³-hybridized carbons (Fsp3) is 0.357. The number of nitrogens with one attached hydrogen (secondary N) is 1. The molecule has 2 aromatic carbocycles. The van der Waals surface area contributed by atoms with Crippen LogP contribution in [0.15, 0.2) is 54.7 Å². The number of anilines is 1. The van der Waals surface area contributed by atoms with E-state index in [0.29, 0.717) is 60.9 Å². The summed E-state index contributed by atoms with van der Waals surface area (Å²) in [5.74, 6) is 0.415. The van der Waals surface area contributed by atoms with Gasteiger partial charge in [-0.3, -0.25) is 0 Å². The highest BCUT2D eigenvalue weighted by Crippen LogP contribution is 2.39. The van der Waals surface area contributed by atoms with E-state index < -0.39 is 11.6 Å². The van der Waals surface area contributed by atoms with Crippen molar-refractivity contribution in [3.8, 4) is 22.6 Å². The molecule has 3 rings (SSSR count). The second-order valence-corrected chi connectivity index (χ2v) is 9.66. The minimum Gasteiger partial charge on any atom is -0.507 e. The summed E-state index contributed by atoms with van der Waals surface area (Å²) in [6.07, 6.45) is 2.26. The van der Waals surface area contributed by atoms with Crippen molar-refractivity contribution in [1.29, 1.82) is 0 Å². The summed E-state index contributed by atoms with van der Waals surface area (Å²) in [5.41, 5.74) is 2.03. The molecule has 0 saturated carbocycles. The van der Waals surface area contributed by atoms with Crippen LogP contribution >= 0.6 is 23.0 Å². The number of aromatic nitrogens is 1. The lowest BCUT2D eigenvalue weighted by Gasteiger charge is -2.31. The molecule has 0 saturated heterocycles. The Labute approximate surface area is 236 Å². The number of halogens is 2. The number of phenols is 1. The van der Waals surface area contributed by atoms with E-state index in [1.807, 2.05) is 27.0 Å². The first-order chi connectivity index (χ1) is 18.2. The minimum atomic E-state index is -0.499. The molecule has 38 heavy (non-hydrogen) atoms. The largest absolute Gasteiger partial charge is 0.507 e. The molecule has 204 valence electrons. The van der Waals surface area contributed by atoms with Crippen LogP contribution in [0.2, 0.25) is 0 Å². The highest BCUT2D eigenvalue weighted by Gasteiger charge is 2.25. The predicted octanol–water partition coefficient (Wildman–Crippen LogP) is 5.84. The van der Waals surface area contributed by atoms with E-state index in [0.717, 1.165) is 5.56 Å². The lowest BCUT2D eigenvalue weighted by molar-refractivity contribution is 0.00366. The zero-order chi connectivity index (χ0) is 27.7. The molecule has 3 aromatic rings. The number of rotatable bonds is 13. The Balaban J connectivity index is 1.64. The first-order valence-corrected chi connectivity index (χ1v) is 13.1. The van der Waals surface area contributed by atoms with E-state index in [1.54, 1.807) is 66.6 Å². The predicted molar refractivity (Wildman–Crippen MR) is 153 cm³/mol. The van der Waals surface area contributed by atoms with E-state index in [2.05, 4.69) is 15.2 Å². The van der Waals surface area contributed by atoms with Crippen molar-refractivity contribution in [3.05, 3.63) is 71.7 Å². The van der Waals surface area contributed by atoms with Gasteiger partial charge in [-0.15, -0.1) is 0 Å². The molecule has 0 amide bonds. The van der Waals surface area contributed by atoms with Crippen molar-refractivity contribution in [2.24, 2.45) is 0 Å². The van der Waals surface area contributed by atoms with Crippen LogP contribution in [0.5, 0.6) is 11.5 Å². The molecule has 0 spiro atoms. The van der Waals surface area contributed by atoms with Gasteiger partial charge in [-0.2, -0.15) is 0 Å². The van der Waals surface area contributed by atoms with Gasteiger partial charge in [0, 0.05) is 32.9 Å². The summed E-state index contributed by atoms with van der Waals surface area (Å²) in [6, 6.07) is 12.8. The summed E-state index contributed by atoms with van der Waals surface area (Å²) in [6.45, 7) is 6.09. The maximum absolute atomic E-state index is 13.4. The number of carbonyl (C=O) groups is 1. The maximum atomic E-state index is 13.4. The molecular formula is C28H33FIN3O5. The fourth-order valence-corrected chi connectivity index (χ4v) is 4.23. The van der Waals surface area contributed by atoms with Gasteiger partial charge in [0.15, 0.2) is 23.0 Å². The van der Waals surface area contributed by atoms with Crippen LogP contribution in [-0.2, 0) is 14.3 Å². The average molecular weight is 637 g/mol. The number of nitrogens with zero attached hydrogens (tertiary/aromatic N) is 2. The zero-order valence-electron chi connectivity index (χ0n) is 22.0. The van der Waals surface area contributed by atoms with E-state index in [1.165, 1.54) is 12.1 Å². The molecule has 0 fully saturated rings. The van der Waals surface area contributed by atoms with Crippen molar-refractivity contribution in [1.82, 2.24) is 9.88 Å². The number of pyridine rings is 1. The standard InChI is InChI=1S/C28H33FIN3O5/c1-5-37-24-15-19(14-23(34)26(24)20-6-8-22(29)9-7-20)17-33(3)13-11-28(2,36-4)18-32-25-16-21(10-12-31-25)27(35)38-30/h6-10,12,14-16,34H,5,11,13,17-18H2,1-4H3,(H,31,32).